The van der Waals surface area contributed by atoms with Gasteiger partial charge in [-0.1, -0.05) is 49.2 Å². The maximum atomic E-state index is 13.3. The maximum Gasteiger partial charge on any atom is 0.342 e. The lowest BCUT2D eigenvalue weighted by Crippen LogP contribution is -2.32. The number of carbonyl (C=O) groups is 2. The summed E-state index contributed by atoms with van der Waals surface area (Å²) in [7, 11) is -3.68. The minimum absolute atomic E-state index is 0.163. The second-order valence-corrected chi connectivity index (χ2v) is 10.7. The number of rotatable bonds is 8. The van der Waals surface area contributed by atoms with Crippen molar-refractivity contribution >= 4 is 27.6 Å². The van der Waals surface area contributed by atoms with E-state index in [4.69, 9.17) is 9.47 Å². The third-order valence-corrected chi connectivity index (χ3v) is 8.11. The van der Waals surface area contributed by atoms with E-state index in [1.54, 1.807) is 55.5 Å². The molecule has 194 valence electrons. The Morgan fingerprint density at radius 1 is 0.892 bits per heavy atom. The van der Waals surface area contributed by atoms with E-state index in [0.29, 0.717) is 35.8 Å². The fourth-order valence-corrected chi connectivity index (χ4v) is 5.89. The van der Waals surface area contributed by atoms with Crippen molar-refractivity contribution in [2.45, 2.75) is 37.5 Å². The number of sulfonamides is 1. The number of carbonyl (C=O) groups excluding carboxylic acids is 2. The van der Waals surface area contributed by atoms with Crippen molar-refractivity contribution in [2.24, 2.45) is 0 Å². The minimum atomic E-state index is -3.68. The third-order valence-electron chi connectivity index (χ3n) is 6.07. The number of benzene rings is 3. The molecule has 1 amide bonds. The number of anilines is 1. The van der Waals surface area contributed by atoms with Crippen LogP contribution in [0.4, 0.5) is 5.69 Å². The highest BCUT2D eigenvalue weighted by Crippen LogP contribution is 2.27. The fourth-order valence-electron chi connectivity index (χ4n) is 4.12. The Hall–Kier alpha value is -3.69. The lowest BCUT2D eigenvalue weighted by Gasteiger charge is -2.21. The monoisotopic (exact) mass is 522 g/mol. The molecule has 0 radical (unpaired) electrons. The highest BCUT2D eigenvalue weighted by Gasteiger charge is 2.27. The number of para-hydroxylation sites is 2. The van der Waals surface area contributed by atoms with Crippen molar-refractivity contribution in [2.75, 3.05) is 25.0 Å². The van der Waals surface area contributed by atoms with Gasteiger partial charge in [-0.3, -0.25) is 4.79 Å². The Morgan fingerprint density at radius 3 is 2.30 bits per heavy atom. The number of hydrogen-bond donors (Lipinski definition) is 1. The first kappa shape index (κ1) is 26.4. The quantitative estimate of drug-likeness (QED) is 0.411. The van der Waals surface area contributed by atoms with Crippen molar-refractivity contribution in [1.82, 2.24) is 4.31 Å². The molecule has 37 heavy (non-hydrogen) atoms. The lowest BCUT2D eigenvalue weighted by atomic mass is 10.2. The number of nitrogens with one attached hydrogen (secondary N) is 1. The SMILES string of the molecule is Cc1ccc(NC(=O)COC(=O)c2ccccc2Oc2ccccc2)cc1S(=O)(=O)N1CCCCCC1. The van der Waals surface area contributed by atoms with E-state index in [2.05, 4.69) is 5.32 Å². The van der Waals surface area contributed by atoms with E-state index in [-0.39, 0.29) is 10.5 Å². The molecule has 0 atom stereocenters. The summed E-state index contributed by atoms with van der Waals surface area (Å²) >= 11 is 0. The molecule has 1 aliphatic rings. The molecular weight excluding hydrogens is 492 g/mol. The average Bonchev–Trinajstić information content (AvgIpc) is 3.20. The summed E-state index contributed by atoms with van der Waals surface area (Å²) in [6, 6.07) is 20.3. The molecule has 8 nitrogen and oxygen atoms in total. The molecule has 0 aliphatic carbocycles. The van der Waals surface area contributed by atoms with Crippen molar-refractivity contribution in [3.05, 3.63) is 83.9 Å². The van der Waals surface area contributed by atoms with Crippen LogP contribution in [-0.4, -0.2) is 44.3 Å². The van der Waals surface area contributed by atoms with Gasteiger partial charge in [-0.25, -0.2) is 13.2 Å². The molecule has 9 heteroatoms. The van der Waals surface area contributed by atoms with Gasteiger partial charge in [0.05, 0.1) is 4.90 Å². The number of ether oxygens (including phenoxy) is 2. The zero-order valence-electron chi connectivity index (χ0n) is 20.7. The van der Waals surface area contributed by atoms with Crippen molar-refractivity contribution < 1.29 is 27.5 Å². The summed E-state index contributed by atoms with van der Waals surface area (Å²) in [6.07, 6.45) is 3.70. The van der Waals surface area contributed by atoms with Crippen molar-refractivity contribution in [1.29, 1.82) is 0 Å². The molecule has 1 N–H and O–H groups in total. The molecule has 0 spiro atoms. The number of amides is 1. The van der Waals surface area contributed by atoms with Gasteiger partial charge in [0, 0.05) is 18.8 Å². The Morgan fingerprint density at radius 2 is 1.57 bits per heavy atom. The van der Waals surface area contributed by atoms with Crippen LogP contribution in [0.5, 0.6) is 11.5 Å². The summed E-state index contributed by atoms with van der Waals surface area (Å²) in [5.74, 6) is -0.432. The minimum Gasteiger partial charge on any atom is -0.456 e. The van der Waals surface area contributed by atoms with Gasteiger partial charge in [-0.15, -0.1) is 0 Å². The zero-order valence-corrected chi connectivity index (χ0v) is 21.5. The van der Waals surface area contributed by atoms with E-state index < -0.39 is 28.5 Å². The predicted molar refractivity (Wildman–Crippen MR) is 140 cm³/mol. The molecule has 0 saturated carbocycles. The van der Waals surface area contributed by atoms with Gasteiger partial charge in [-0.2, -0.15) is 4.31 Å². The smallest absolute Gasteiger partial charge is 0.342 e. The second-order valence-electron chi connectivity index (χ2n) is 8.83. The first-order valence-corrected chi connectivity index (χ1v) is 13.7. The first-order valence-electron chi connectivity index (χ1n) is 12.2. The normalized spacial score (nSPS) is 14.4. The summed E-state index contributed by atoms with van der Waals surface area (Å²) in [4.78, 5) is 25.4. The molecule has 4 rings (SSSR count). The maximum absolute atomic E-state index is 13.3. The summed E-state index contributed by atoms with van der Waals surface area (Å²) in [5, 5.41) is 2.63. The summed E-state index contributed by atoms with van der Waals surface area (Å²) in [5.41, 5.74) is 1.09. The van der Waals surface area contributed by atoms with Crippen LogP contribution < -0.4 is 10.1 Å². The van der Waals surface area contributed by atoms with Crippen LogP contribution in [0.15, 0.2) is 77.7 Å². The molecule has 1 aliphatic heterocycles. The van der Waals surface area contributed by atoms with E-state index >= 15 is 0 Å². The Balaban J connectivity index is 1.40. The standard InChI is InChI=1S/C28H30N2O6S/c1-21-15-16-22(19-26(21)37(33,34)30-17-9-2-3-10-18-30)29-27(31)20-35-28(32)24-13-7-8-14-25(24)36-23-11-5-4-6-12-23/h4-8,11-16,19H,2-3,9-10,17-18,20H2,1H3,(H,29,31). The van der Waals surface area contributed by atoms with Crippen LogP contribution in [0, 0.1) is 6.92 Å². The van der Waals surface area contributed by atoms with Gasteiger partial charge in [0.2, 0.25) is 10.0 Å². The third kappa shape index (κ3) is 6.75. The van der Waals surface area contributed by atoms with Gasteiger partial charge < -0.3 is 14.8 Å². The van der Waals surface area contributed by atoms with Crippen LogP contribution in [-0.2, 0) is 19.6 Å². The van der Waals surface area contributed by atoms with E-state index in [1.165, 1.54) is 10.4 Å². The van der Waals surface area contributed by atoms with Gasteiger partial charge in [0.25, 0.3) is 5.91 Å². The van der Waals surface area contributed by atoms with E-state index in [9.17, 15) is 18.0 Å². The number of nitrogens with zero attached hydrogens (tertiary/aromatic N) is 1. The number of hydrogen-bond acceptors (Lipinski definition) is 6. The predicted octanol–water partition coefficient (Wildman–Crippen LogP) is 5.15. The molecule has 0 bridgehead atoms. The average molecular weight is 523 g/mol. The van der Waals surface area contributed by atoms with Gasteiger partial charge >= 0.3 is 5.97 Å². The molecule has 1 saturated heterocycles. The molecular formula is C28H30N2O6S. The van der Waals surface area contributed by atoms with Crippen LogP contribution >= 0.6 is 0 Å². The van der Waals surface area contributed by atoms with Gasteiger partial charge in [0.15, 0.2) is 6.61 Å². The molecule has 3 aromatic carbocycles. The summed E-state index contributed by atoms with van der Waals surface area (Å²) < 4.78 is 39.0. The van der Waals surface area contributed by atoms with Crippen LogP contribution in [0.3, 0.4) is 0 Å². The van der Waals surface area contributed by atoms with Gasteiger partial charge in [0.1, 0.15) is 17.1 Å². The Labute approximate surface area is 217 Å². The molecule has 3 aromatic rings. The first-order chi connectivity index (χ1) is 17.8. The largest absolute Gasteiger partial charge is 0.456 e. The second kappa shape index (κ2) is 12.0. The van der Waals surface area contributed by atoms with E-state index in [0.717, 1.165) is 25.7 Å². The van der Waals surface area contributed by atoms with Crippen LogP contribution in [0.25, 0.3) is 0 Å². The van der Waals surface area contributed by atoms with Gasteiger partial charge in [-0.05, 0) is 61.7 Å². The Bertz CT molecular complexity index is 1350. The highest BCUT2D eigenvalue weighted by atomic mass is 32.2. The molecule has 1 fully saturated rings. The zero-order chi connectivity index (χ0) is 26.3. The van der Waals surface area contributed by atoms with E-state index in [1.807, 2.05) is 18.2 Å². The molecule has 1 heterocycles. The number of aryl methyl sites for hydroxylation is 1. The highest BCUT2D eigenvalue weighted by molar-refractivity contribution is 7.89. The van der Waals surface area contributed by atoms with Crippen LogP contribution in [0.1, 0.15) is 41.6 Å². The molecule has 0 aromatic heterocycles. The van der Waals surface area contributed by atoms with Crippen molar-refractivity contribution in [3.63, 3.8) is 0 Å². The fraction of sp³-hybridized carbons (Fsp3) is 0.286. The van der Waals surface area contributed by atoms with Crippen molar-refractivity contribution in [3.8, 4) is 11.5 Å². The summed E-state index contributed by atoms with van der Waals surface area (Å²) in [6.45, 7) is 2.17. The topological polar surface area (TPSA) is 102 Å². The number of esters is 1. The molecule has 0 unspecified atom stereocenters. The lowest BCUT2D eigenvalue weighted by molar-refractivity contribution is -0.119. The Kier molecular flexibility index (Phi) is 8.58. The van der Waals surface area contributed by atoms with Crippen LogP contribution in [0.2, 0.25) is 0 Å².